The lowest BCUT2D eigenvalue weighted by atomic mass is 9.82. The van der Waals surface area contributed by atoms with E-state index < -0.39 is 0 Å². The maximum absolute atomic E-state index is 12.9. The fraction of sp³-hybridized carbons (Fsp3) is 0.409. The zero-order chi connectivity index (χ0) is 19.0. The Morgan fingerprint density at radius 2 is 1.89 bits per heavy atom. The quantitative estimate of drug-likeness (QED) is 0.892. The number of aromatic nitrogens is 1. The number of carbonyl (C=O) groups is 2. The van der Waals surface area contributed by atoms with Crippen LogP contribution in [0.1, 0.15) is 52.4 Å². The molecule has 2 aromatic rings. The first-order chi connectivity index (χ1) is 13.0. The minimum absolute atomic E-state index is 0.0405. The fourth-order valence-electron chi connectivity index (χ4n) is 4.40. The Labute approximate surface area is 159 Å². The highest BCUT2D eigenvalue weighted by atomic mass is 16.2. The monoisotopic (exact) mass is 363 g/mol. The predicted octanol–water partition coefficient (Wildman–Crippen LogP) is 2.98. The second kappa shape index (κ2) is 6.80. The maximum atomic E-state index is 12.9. The van der Waals surface area contributed by atoms with Crippen molar-refractivity contribution in [2.75, 3.05) is 13.1 Å². The summed E-state index contributed by atoms with van der Waals surface area (Å²) in [7, 11) is 0. The van der Waals surface area contributed by atoms with Gasteiger partial charge in [0.25, 0.3) is 5.91 Å². The number of rotatable bonds is 2. The van der Waals surface area contributed by atoms with Crippen LogP contribution in [0.15, 0.2) is 42.6 Å². The molecular formula is C22H25N3O2. The largest absolute Gasteiger partial charge is 0.350 e. The molecule has 1 N–H and O–H groups in total. The lowest BCUT2D eigenvalue weighted by Crippen LogP contribution is -2.52. The molecule has 0 aliphatic carbocycles. The highest BCUT2D eigenvalue weighted by Gasteiger charge is 2.46. The minimum Gasteiger partial charge on any atom is -0.350 e. The number of likely N-dealkylation sites (tertiary alicyclic amines) is 1. The molecule has 0 saturated carbocycles. The molecule has 1 aromatic heterocycles. The first-order valence-corrected chi connectivity index (χ1v) is 9.57. The second-order valence-electron chi connectivity index (χ2n) is 7.87. The summed E-state index contributed by atoms with van der Waals surface area (Å²) in [5.41, 5.74) is 3.45. The third-order valence-corrected chi connectivity index (χ3v) is 5.99. The summed E-state index contributed by atoms with van der Waals surface area (Å²) in [5.74, 6) is 0.0651. The molecule has 5 heteroatoms. The third kappa shape index (κ3) is 3.34. The van der Waals surface area contributed by atoms with Crippen LogP contribution in [0.3, 0.4) is 0 Å². The van der Waals surface area contributed by atoms with Crippen LogP contribution in [-0.2, 0) is 4.79 Å². The molecule has 5 nitrogen and oxygen atoms in total. The van der Waals surface area contributed by atoms with E-state index in [1.54, 1.807) is 6.20 Å². The van der Waals surface area contributed by atoms with Gasteiger partial charge in [-0.2, -0.15) is 0 Å². The number of aryl methyl sites for hydroxylation is 2. The van der Waals surface area contributed by atoms with Gasteiger partial charge < -0.3 is 10.2 Å². The summed E-state index contributed by atoms with van der Waals surface area (Å²) >= 11 is 0. The Morgan fingerprint density at radius 1 is 1.19 bits per heavy atom. The number of hydrogen-bond donors (Lipinski definition) is 1. The summed E-state index contributed by atoms with van der Waals surface area (Å²) in [6.45, 7) is 5.20. The van der Waals surface area contributed by atoms with Crippen LogP contribution >= 0.6 is 0 Å². The van der Waals surface area contributed by atoms with Crippen molar-refractivity contribution in [2.45, 2.75) is 44.6 Å². The predicted molar refractivity (Wildman–Crippen MR) is 104 cm³/mol. The smallest absolute Gasteiger partial charge is 0.255 e. The van der Waals surface area contributed by atoms with Gasteiger partial charge in [0.2, 0.25) is 5.91 Å². The number of hydrogen-bond acceptors (Lipinski definition) is 3. The molecule has 0 unspecified atom stereocenters. The topological polar surface area (TPSA) is 62.3 Å². The van der Waals surface area contributed by atoms with E-state index in [2.05, 4.69) is 10.3 Å². The molecule has 1 atom stereocenters. The van der Waals surface area contributed by atoms with E-state index in [-0.39, 0.29) is 23.3 Å². The van der Waals surface area contributed by atoms with Gasteiger partial charge >= 0.3 is 0 Å². The van der Waals surface area contributed by atoms with Gasteiger partial charge in [-0.05, 0) is 50.3 Å². The summed E-state index contributed by atoms with van der Waals surface area (Å²) in [5, 5.41) is 3.25. The molecule has 4 rings (SSSR count). The normalized spacial score (nSPS) is 21.3. The summed E-state index contributed by atoms with van der Waals surface area (Å²) < 4.78 is 0. The highest BCUT2D eigenvalue weighted by Crippen LogP contribution is 2.39. The van der Waals surface area contributed by atoms with E-state index in [4.69, 9.17) is 0 Å². The van der Waals surface area contributed by atoms with Crippen LogP contribution in [0.5, 0.6) is 0 Å². The van der Waals surface area contributed by atoms with E-state index in [1.165, 1.54) is 0 Å². The first kappa shape index (κ1) is 17.7. The van der Waals surface area contributed by atoms with Gasteiger partial charge in [0, 0.05) is 30.5 Å². The number of nitrogens with zero attached hydrogens (tertiary/aromatic N) is 2. The van der Waals surface area contributed by atoms with E-state index in [0.29, 0.717) is 18.7 Å². The number of piperidine rings is 1. The summed E-state index contributed by atoms with van der Waals surface area (Å²) in [6, 6.07) is 11.9. The lowest BCUT2D eigenvalue weighted by Gasteiger charge is -2.39. The molecular weight excluding hydrogens is 338 g/mol. The molecule has 1 spiro atoms. The molecule has 140 valence electrons. The second-order valence-corrected chi connectivity index (χ2v) is 7.87. The van der Waals surface area contributed by atoms with Gasteiger partial charge in [-0.1, -0.05) is 30.3 Å². The van der Waals surface area contributed by atoms with Gasteiger partial charge in [-0.25, -0.2) is 0 Å². The van der Waals surface area contributed by atoms with E-state index in [1.807, 2.05) is 55.1 Å². The first-order valence-electron chi connectivity index (χ1n) is 9.57. The van der Waals surface area contributed by atoms with Crippen LogP contribution in [0.2, 0.25) is 0 Å². The number of nitrogens with one attached hydrogen (secondary N) is 1. The molecule has 2 aliphatic rings. The van der Waals surface area contributed by atoms with Crippen LogP contribution in [0, 0.1) is 13.8 Å². The maximum Gasteiger partial charge on any atom is 0.255 e. The standard InChI is InChI=1S/C22H25N3O2/c1-15-12-16(2)23-14-19(15)21(27)25-10-8-22(9-11-25)13-18(20(26)24-22)17-6-4-3-5-7-17/h3-7,12,14,18H,8-11,13H2,1-2H3,(H,24,26)/t18-/m1/s1. The Bertz CT molecular complexity index is 870. The fourth-order valence-corrected chi connectivity index (χ4v) is 4.40. The average molecular weight is 363 g/mol. The van der Waals surface area contributed by atoms with Crippen molar-refractivity contribution in [1.82, 2.24) is 15.2 Å². The van der Waals surface area contributed by atoms with Gasteiger partial charge in [0.1, 0.15) is 0 Å². The van der Waals surface area contributed by atoms with Crippen LogP contribution in [0.25, 0.3) is 0 Å². The lowest BCUT2D eigenvalue weighted by molar-refractivity contribution is -0.121. The van der Waals surface area contributed by atoms with Crippen molar-refractivity contribution >= 4 is 11.8 Å². The van der Waals surface area contributed by atoms with Gasteiger partial charge in [0.05, 0.1) is 11.5 Å². The number of benzene rings is 1. The molecule has 2 aliphatic heterocycles. The zero-order valence-corrected chi connectivity index (χ0v) is 15.9. The Hall–Kier alpha value is -2.69. The van der Waals surface area contributed by atoms with Crippen molar-refractivity contribution in [2.24, 2.45) is 0 Å². The van der Waals surface area contributed by atoms with Crippen LogP contribution < -0.4 is 5.32 Å². The van der Waals surface area contributed by atoms with Crippen molar-refractivity contribution in [3.63, 3.8) is 0 Å². The summed E-state index contributed by atoms with van der Waals surface area (Å²) in [4.78, 5) is 31.6. The van der Waals surface area contributed by atoms with E-state index in [0.717, 1.165) is 36.1 Å². The Morgan fingerprint density at radius 3 is 2.56 bits per heavy atom. The summed E-state index contributed by atoms with van der Waals surface area (Å²) in [6.07, 6.45) is 4.08. The zero-order valence-electron chi connectivity index (χ0n) is 15.9. The van der Waals surface area contributed by atoms with Gasteiger partial charge in [-0.3, -0.25) is 14.6 Å². The molecule has 27 heavy (non-hydrogen) atoms. The molecule has 2 amide bonds. The average Bonchev–Trinajstić information content (AvgIpc) is 2.98. The van der Waals surface area contributed by atoms with Crippen molar-refractivity contribution < 1.29 is 9.59 Å². The Kier molecular flexibility index (Phi) is 4.46. The van der Waals surface area contributed by atoms with E-state index >= 15 is 0 Å². The number of amides is 2. The molecule has 1 aromatic carbocycles. The molecule has 0 radical (unpaired) electrons. The van der Waals surface area contributed by atoms with Gasteiger partial charge in [0.15, 0.2) is 0 Å². The molecule has 2 fully saturated rings. The number of pyridine rings is 1. The van der Waals surface area contributed by atoms with Gasteiger partial charge in [-0.15, -0.1) is 0 Å². The van der Waals surface area contributed by atoms with Crippen LogP contribution in [0.4, 0.5) is 0 Å². The molecule has 3 heterocycles. The van der Waals surface area contributed by atoms with Crippen LogP contribution in [-0.4, -0.2) is 40.3 Å². The SMILES string of the molecule is Cc1cc(C)c(C(=O)N2CCC3(CC2)C[C@H](c2ccccc2)C(=O)N3)cn1. The van der Waals surface area contributed by atoms with Crippen molar-refractivity contribution in [3.8, 4) is 0 Å². The molecule has 0 bridgehead atoms. The van der Waals surface area contributed by atoms with Crippen molar-refractivity contribution in [3.05, 3.63) is 65.0 Å². The number of carbonyl (C=O) groups excluding carboxylic acids is 2. The molecule has 2 saturated heterocycles. The van der Waals surface area contributed by atoms with Crippen molar-refractivity contribution in [1.29, 1.82) is 0 Å². The Balaban J connectivity index is 1.44. The minimum atomic E-state index is -0.186. The highest BCUT2D eigenvalue weighted by molar-refractivity contribution is 5.95. The third-order valence-electron chi connectivity index (χ3n) is 5.99. The van der Waals surface area contributed by atoms with E-state index in [9.17, 15) is 9.59 Å².